The van der Waals surface area contributed by atoms with Crippen molar-refractivity contribution < 1.29 is 14.6 Å². The summed E-state index contributed by atoms with van der Waals surface area (Å²) in [7, 11) is 1.45. The molecule has 1 aliphatic rings. The quantitative estimate of drug-likeness (QED) is 0.914. The number of para-hydroxylation sites is 1. The molecule has 21 heavy (non-hydrogen) atoms. The zero-order valence-corrected chi connectivity index (χ0v) is 12.5. The molecule has 110 valence electrons. The van der Waals surface area contributed by atoms with Crippen LogP contribution in [0.4, 0.5) is 5.13 Å². The Morgan fingerprint density at radius 3 is 2.95 bits per heavy atom. The summed E-state index contributed by atoms with van der Waals surface area (Å²) in [6.07, 6.45) is 4.35. The van der Waals surface area contributed by atoms with Crippen LogP contribution in [-0.4, -0.2) is 23.1 Å². The highest BCUT2D eigenvalue weighted by Crippen LogP contribution is 2.32. The molecule has 5 nitrogen and oxygen atoms in total. The molecule has 1 aromatic heterocycles. The summed E-state index contributed by atoms with van der Waals surface area (Å²) in [4.78, 5) is 18.0. The molecule has 6 heteroatoms. The fourth-order valence-corrected chi connectivity index (χ4v) is 3.49. The number of nitrogens with zero attached hydrogens (tertiary/aromatic N) is 1. The van der Waals surface area contributed by atoms with E-state index in [2.05, 4.69) is 10.3 Å². The molecule has 0 fully saturated rings. The van der Waals surface area contributed by atoms with E-state index >= 15 is 0 Å². The van der Waals surface area contributed by atoms with Gasteiger partial charge in [0.25, 0.3) is 5.91 Å². The summed E-state index contributed by atoms with van der Waals surface area (Å²) in [5.41, 5.74) is 1.28. The largest absolute Gasteiger partial charge is 0.504 e. The van der Waals surface area contributed by atoms with Crippen LogP contribution in [0.2, 0.25) is 0 Å². The van der Waals surface area contributed by atoms with E-state index in [1.807, 2.05) is 0 Å². The molecule has 0 unspecified atom stereocenters. The molecule has 1 heterocycles. The van der Waals surface area contributed by atoms with Gasteiger partial charge in [0.05, 0.1) is 18.4 Å². The maximum absolute atomic E-state index is 12.3. The van der Waals surface area contributed by atoms with E-state index in [4.69, 9.17) is 4.74 Å². The Kier molecular flexibility index (Phi) is 3.79. The third-order valence-corrected chi connectivity index (χ3v) is 4.60. The van der Waals surface area contributed by atoms with E-state index in [1.165, 1.54) is 29.7 Å². The molecule has 0 atom stereocenters. The second-order valence-corrected chi connectivity index (χ2v) is 5.99. The number of fused-ring (bicyclic) bond motifs is 1. The van der Waals surface area contributed by atoms with E-state index in [1.54, 1.807) is 18.2 Å². The minimum atomic E-state index is -0.377. The number of phenolic OH excluding ortho intramolecular Hbond substituents is 1. The number of nitrogens with one attached hydrogen (secondary N) is 1. The number of phenols is 1. The fraction of sp³-hybridized carbons (Fsp3) is 0.333. The topological polar surface area (TPSA) is 71.5 Å². The average molecular weight is 304 g/mol. The lowest BCUT2D eigenvalue weighted by Crippen LogP contribution is -2.12. The number of aromatic hydroxyl groups is 1. The molecular weight excluding hydrogens is 288 g/mol. The van der Waals surface area contributed by atoms with Crippen molar-refractivity contribution in [2.45, 2.75) is 25.7 Å². The highest BCUT2D eigenvalue weighted by atomic mass is 32.1. The Bertz CT molecular complexity index is 658. The minimum absolute atomic E-state index is 0.154. The zero-order valence-electron chi connectivity index (χ0n) is 11.7. The molecule has 2 aromatic rings. The second-order valence-electron chi connectivity index (χ2n) is 4.91. The van der Waals surface area contributed by atoms with Crippen molar-refractivity contribution in [3.63, 3.8) is 0 Å². The van der Waals surface area contributed by atoms with E-state index in [9.17, 15) is 9.90 Å². The Balaban J connectivity index is 1.82. The molecule has 0 saturated carbocycles. The number of anilines is 1. The molecule has 0 saturated heterocycles. The second kappa shape index (κ2) is 5.73. The van der Waals surface area contributed by atoms with Gasteiger partial charge in [0, 0.05) is 4.88 Å². The lowest BCUT2D eigenvalue weighted by molar-refractivity contribution is 0.102. The predicted octanol–water partition coefficient (Wildman–Crippen LogP) is 2.99. The average Bonchev–Trinajstić information content (AvgIpc) is 2.89. The van der Waals surface area contributed by atoms with Gasteiger partial charge in [-0.25, -0.2) is 4.98 Å². The monoisotopic (exact) mass is 304 g/mol. The first-order valence-corrected chi connectivity index (χ1v) is 7.66. The van der Waals surface area contributed by atoms with Gasteiger partial charge in [-0.15, -0.1) is 11.3 Å². The highest BCUT2D eigenvalue weighted by molar-refractivity contribution is 7.15. The van der Waals surface area contributed by atoms with E-state index < -0.39 is 0 Å². The minimum Gasteiger partial charge on any atom is -0.504 e. The number of aryl methyl sites for hydroxylation is 2. The van der Waals surface area contributed by atoms with Gasteiger partial charge in [-0.05, 0) is 37.8 Å². The molecule has 0 spiro atoms. The SMILES string of the molecule is COc1cccc(C(=O)Nc2nc3c(s2)CCCC3)c1O. The van der Waals surface area contributed by atoms with E-state index in [0.29, 0.717) is 5.13 Å². The van der Waals surface area contributed by atoms with Gasteiger partial charge in [-0.2, -0.15) is 0 Å². The number of aromatic nitrogens is 1. The highest BCUT2D eigenvalue weighted by Gasteiger charge is 2.19. The standard InChI is InChI=1S/C15H16N2O3S/c1-20-11-7-4-5-9(13(11)18)14(19)17-15-16-10-6-2-3-8-12(10)21-15/h4-5,7,18H,2-3,6,8H2,1H3,(H,16,17,19). The summed E-state index contributed by atoms with van der Waals surface area (Å²) in [6.45, 7) is 0. The Hall–Kier alpha value is -2.08. The molecule has 1 amide bonds. The number of hydrogen-bond donors (Lipinski definition) is 2. The Morgan fingerprint density at radius 1 is 1.38 bits per heavy atom. The predicted molar refractivity (Wildman–Crippen MR) is 81.4 cm³/mol. The summed E-state index contributed by atoms with van der Waals surface area (Å²) in [5, 5.41) is 13.3. The smallest absolute Gasteiger partial charge is 0.261 e. The summed E-state index contributed by atoms with van der Waals surface area (Å²) < 4.78 is 5.01. The molecule has 3 rings (SSSR count). The van der Waals surface area contributed by atoms with Crippen LogP contribution in [0.15, 0.2) is 18.2 Å². The Labute approximate surface area is 126 Å². The van der Waals surface area contributed by atoms with Crippen LogP contribution in [0.25, 0.3) is 0 Å². The molecule has 0 radical (unpaired) electrons. The first-order chi connectivity index (χ1) is 10.2. The summed E-state index contributed by atoms with van der Waals surface area (Å²) in [6, 6.07) is 4.83. The van der Waals surface area contributed by atoms with Gasteiger partial charge in [0.2, 0.25) is 0 Å². The maximum atomic E-state index is 12.3. The fourth-order valence-electron chi connectivity index (χ4n) is 2.44. The number of ether oxygens (including phenoxy) is 1. The van der Waals surface area contributed by atoms with Crippen molar-refractivity contribution >= 4 is 22.4 Å². The van der Waals surface area contributed by atoms with Crippen LogP contribution in [0.1, 0.15) is 33.8 Å². The van der Waals surface area contributed by atoms with Crippen LogP contribution in [0, 0.1) is 0 Å². The number of rotatable bonds is 3. The van der Waals surface area contributed by atoms with Crippen molar-refractivity contribution in [3.05, 3.63) is 34.3 Å². The number of hydrogen-bond acceptors (Lipinski definition) is 5. The molecular formula is C15H16N2O3S. The molecule has 1 aliphatic carbocycles. The molecule has 0 aliphatic heterocycles. The first-order valence-electron chi connectivity index (χ1n) is 6.85. The van der Waals surface area contributed by atoms with E-state index in [-0.39, 0.29) is 23.0 Å². The lowest BCUT2D eigenvalue weighted by Gasteiger charge is -2.07. The third kappa shape index (κ3) is 2.71. The van der Waals surface area contributed by atoms with Gasteiger partial charge in [0.1, 0.15) is 0 Å². The van der Waals surface area contributed by atoms with Crippen molar-refractivity contribution in [2.75, 3.05) is 12.4 Å². The van der Waals surface area contributed by atoms with Crippen molar-refractivity contribution in [1.82, 2.24) is 4.98 Å². The van der Waals surface area contributed by atoms with Crippen LogP contribution in [0.5, 0.6) is 11.5 Å². The number of benzene rings is 1. The van der Waals surface area contributed by atoms with Crippen LogP contribution >= 0.6 is 11.3 Å². The van der Waals surface area contributed by atoms with Crippen molar-refractivity contribution in [3.8, 4) is 11.5 Å². The molecule has 2 N–H and O–H groups in total. The third-order valence-electron chi connectivity index (χ3n) is 3.53. The maximum Gasteiger partial charge on any atom is 0.261 e. The molecule has 1 aromatic carbocycles. The number of carbonyl (C=O) groups excluding carboxylic acids is 1. The van der Waals surface area contributed by atoms with E-state index in [0.717, 1.165) is 25.0 Å². The van der Waals surface area contributed by atoms with Crippen LogP contribution < -0.4 is 10.1 Å². The molecule has 0 bridgehead atoms. The van der Waals surface area contributed by atoms with Gasteiger partial charge in [-0.3, -0.25) is 10.1 Å². The summed E-state index contributed by atoms with van der Waals surface area (Å²) in [5.74, 6) is -0.252. The van der Waals surface area contributed by atoms with Crippen LogP contribution in [-0.2, 0) is 12.8 Å². The number of thiazole rings is 1. The van der Waals surface area contributed by atoms with Crippen LogP contribution in [0.3, 0.4) is 0 Å². The normalized spacial score (nSPS) is 13.6. The lowest BCUT2D eigenvalue weighted by atomic mass is 10.0. The summed E-state index contributed by atoms with van der Waals surface area (Å²) >= 11 is 1.52. The van der Waals surface area contributed by atoms with Gasteiger partial charge in [-0.1, -0.05) is 6.07 Å². The number of methoxy groups -OCH3 is 1. The number of amides is 1. The van der Waals surface area contributed by atoms with Gasteiger partial charge < -0.3 is 9.84 Å². The van der Waals surface area contributed by atoms with Gasteiger partial charge >= 0.3 is 0 Å². The first kappa shape index (κ1) is 13.9. The van der Waals surface area contributed by atoms with Crippen molar-refractivity contribution in [2.24, 2.45) is 0 Å². The zero-order chi connectivity index (χ0) is 14.8. The van der Waals surface area contributed by atoms with Gasteiger partial charge in [0.15, 0.2) is 16.6 Å². The van der Waals surface area contributed by atoms with Crippen molar-refractivity contribution in [1.29, 1.82) is 0 Å². The Morgan fingerprint density at radius 2 is 2.19 bits per heavy atom. The number of carbonyl (C=O) groups is 1.